The molecule has 21 heavy (non-hydrogen) atoms. The van der Waals surface area contributed by atoms with E-state index in [4.69, 9.17) is 9.47 Å². The monoisotopic (exact) mass is 369 g/mol. The summed E-state index contributed by atoms with van der Waals surface area (Å²) in [4.78, 5) is 1.27. The van der Waals surface area contributed by atoms with E-state index in [2.05, 4.69) is 40.3 Å². The number of ether oxygens (including phenoxy) is 2. The van der Waals surface area contributed by atoms with E-state index in [0.717, 1.165) is 21.0 Å². The van der Waals surface area contributed by atoms with Gasteiger partial charge in [-0.3, -0.25) is 0 Å². The Kier molecular flexibility index (Phi) is 5.94. The Morgan fingerprint density at radius 3 is 2.52 bits per heavy atom. The van der Waals surface area contributed by atoms with Crippen LogP contribution >= 0.6 is 27.3 Å². The molecule has 0 aliphatic carbocycles. The second-order valence-corrected chi connectivity index (χ2v) is 7.03. The lowest BCUT2D eigenvalue weighted by atomic mass is 10.2. The lowest BCUT2D eigenvalue weighted by Crippen LogP contribution is -2.07. The van der Waals surface area contributed by atoms with Crippen LogP contribution in [0, 0.1) is 0 Å². The van der Waals surface area contributed by atoms with E-state index in [0.29, 0.717) is 13.2 Å². The Morgan fingerprint density at radius 2 is 1.90 bits per heavy atom. The van der Waals surface area contributed by atoms with E-state index < -0.39 is 0 Å². The maximum absolute atomic E-state index is 5.69. The van der Waals surface area contributed by atoms with Crippen LogP contribution < -0.4 is 14.8 Å². The molecule has 0 fully saturated rings. The number of anilines is 1. The number of rotatable bonds is 7. The predicted molar refractivity (Wildman–Crippen MR) is 92.8 cm³/mol. The fourth-order valence-corrected chi connectivity index (χ4v) is 3.45. The highest BCUT2D eigenvalue weighted by atomic mass is 79.9. The molecule has 0 saturated carbocycles. The third-order valence-electron chi connectivity index (χ3n) is 2.95. The highest BCUT2D eigenvalue weighted by Gasteiger charge is 2.12. The molecule has 0 bridgehead atoms. The molecule has 1 heterocycles. The van der Waals surface area contributed by atoms with Crippen LogP contribution in [0.2, 0.25) is 0 Å². The Morgan fingerprint density at radius 1 is 1.14 bits per heavy atom. The summed E-state index contributed by atoms with van der Waals surface area (Å²) >= 11 is 5.23. The summed E-state index contributed by atoms with van der Waals surface area (Å²) in [7, 11) is 0. The lowest BCUT2D eigenvalue weighted by molar-refractivity contribution is 0.331. The van der Waals surface area contributed by atoms with Crippen molar-refractivity contribution in [2.24, 2.45) is 0 Å². The van der Waals surface area contributed by atoms with Gasteiger partial charge in [0.2, 0.25) is 0 Å². The quantitative estimate of drug-likeness (QED) is 0.700. The van der Waals surface area contributed by atoms with Gasteiger partial charge in [-0.2, -0.15) is 0 Å². The smallest absolute Gasteiger partial charge is 0.142 e. The molecule has 1 unspecified atom stereocenters. The third-order valence-corrected chi connectivity index (χ3v) is 4.76. The van der Waals surface area contributed by atoms with Crippen molar-refractivity contribution in [2.45, 2.75) is 26.8 Å². The summed E-state index contributed by atoms with van der Waals surface area (Å²) in [5.41, 5.74) is 0.958. The molecule has 0 aliphatic heterocycles. The highest BCUT2D eigenvalue weighted by molar-refractivity contribution is 9.11. The van der Waals surface area contributed by atoms with Crippen LogP contribution in [-0.4, -0.2) is 13.2 Å². The first-order chi connectivity index (χ1) is 10.1. The van der Waals surface area contributed by atoms with Crippen molar-refractivity contribution < 1.29 is 9.47 Å². The predicted octanol–water partition coefficient (Wildman–Crippen LogP) is 5.48. The minimum Gasteiger partial charge on any atom is -0.494 e. The Balaban J connectivity index is 2.21. The van der Waals surface area contributed by atoms with Gasteiger partial charge in [-0.05, 0) is 61.0 Å². The molecule has 1 atom stereocenters. The maximum Gasteiger partial charge on any atom is 0.142 e. The molecule has 2 aromatic rings. The summed E-state index contributed by atoms with van der Waals surface area (Å²) in [5, 5.41) is 3.51. The minimum absolute atomic E-state index is 0.206. The number of benzene rings is 1. The fraction of sp³-hybridized carbons (Fsp3) is 0.375. The van der Waals surface area contributed by atoms with Gasteiger partial charge in [0, 0.05) is 10.9 Å². The van der Waals surface area contributed by atoms with E-state index >= 15 is 0 Å². The summed E-state index contributed by atoms with van der Waals surface area (Å²) in [6.07, 6.45) is 0. The summed E-state index contributed by atoms with van der Waals surface area (Å²) in [5.74, 6) is 1.70. The second-order valence-electron chi connectivity index (χ2n) is 4.53. The Labute approximate surface area is 138 Å². The number of thiophene rings is 1. The molecular weight excluding hydrogens is 350 g/mol. The standard InChI is InChI=1S/C16H20BrNO2S/c1-4-19-12-6-7-14(20-5-2)13(10-12)18-11(3)15-8-9-16(17)21-15/h6-11,18H,4-5H2,1-3H3. The first-order valence-corrected chi connectivity index (χ1v) is 8.66. The highest BCUT2D eigenvalue weighted by Crippen LogP contribution is 2.34. The van der Waals surface area contributed by atoms with E-state index in [9.17, 15) is 0 Å². The Bertz CT molecular complexity index is 585. The molecule has 1 aromatic carbocycles. The second kappa shape index (κ2) is 7.71. The third kappa shape index (κ3) is 4.38. The van der Waals surface area contributed by atoms with Gasteiger partial charge in [0.25, 0.3) is 0 Å². The van der Waals surface area contributed by atoms with Crippen molar-refractivity contribution in [3.8, 4) is 11.5 Å². The van der Waals surface area contributed by atoms with E-state index in [1.165, 1.54) is 4.88 Å². The molecule has 0 aliphatic rings. The van der Waals surface area contributed by atoms with Crippen LogP contribution in [-0.2, 0) is 0 Å². The summed E-state index contributed by atoms with van der Waals surface area (Å²) in [6.45, 7) is 7.40. The first-order valence-electron chi connectivity index (χ1n) is 7.05. The van der Waals surface area contributed by atoms with Crippen molar-refractivity contribution in [1.29, 1.82) is 0 Å². The van der Waals surface area contributed by atoms with E-state index in [-0.39, 0.29) is 6.04 Å². The zero-order valence-corrected chi connectivity index (χ0v) is 14.9. The van der Waals surface area contributed by atoms with Crippen LogP contribution in [0.5, 0.6) is 11.5 Å². The van der Waals surface area contributed by atoms with Gasteiger partial charge in [0.05, 0.1) is 28.7 Å². The first kappa shape index (κ1) is 16.2. The zero-order chi connectivity index (χ0) is 15.2. The van der Waals surface area contributed by atoms with E-state index in [1.54, 1.807) is 11.3 Å². The van der Waals surface area contributed by atoms with Gasteiger partial charge in [-0.15, -0.1) is 11.3 Å². The van der Waals surface area contributed by atoms with Crippen molar-refractivity contribution in [2.75, 3.05) is 18.5 Å². The van der Waals surface area contributed by atoms with Crippen LogP contribution in [0.1, 0.15) is 31.7 Å². The normalized spacial score (nSPS) is 12.0. The molecule has 1 N–H and O–H groups in total. The zero-order valence-electron chi connectivity index (χ0n) is 12.5. The Hall–Kier alpha value is -1.20. The summed E-state index contributed by atoms with van der Waals surface area (Å²) < 4.78 is 12.4. The van der Waals surface area contributed by atoms with Gasteiger partial charge in [0.15, 0.2) is 0 Å². The van der Waals surface area contributed by atoms with Gasteiger partial charge in [0.1, 0.15) is 11.5 Å². The van der Waals surface area contributed by atoms with Gasteiger partial charge in [-0.1, -0.05) is 0 Å². The molecule has 3 nitrogen and oxygen atoms in total. The fourth-order valence-electron chi connectivity index (χ4n) is 2.03. The SMILES string of the molecule is CCOc1ccc(OCC)c(NC(C)c2ccc(Br)s2)c1. The van der Waals surface area contributed by atoms with Crippen LogP contribution in [0.15, 0.2) is 34.1 Å². The number of hydrogen-bond acceptors (Lipinski definition) is 4. The average molecular weight is 370 g/mol. The molecule has 5 heteroatoms. The number of halogens is 1. The minimum atomic E-state index is 0.206. The average Bonchev–Trinajstić information content (AvgIpc) is 2.89. The van der Waals surface area contributed by atoms with Crippen molar-refractivity contribution >= 4 is 33.0 Å². The van der Waals surface area contributed by atoms with Crippen LogP contribution in [0.25, 0.3) is 0 Å². The molecule has 0 amide bonds. The molecule has 0 radical (unpaired) electrons. The molecular formula is C16H20BrNO2S. The molecule has 0 spiro atoms. The number of nitrogens with one attached hydrogen (secondary N) is 1. The number of hydrogen-bond donors (Lipinski definition) is 1. The lowest BCUT2D eigenvalue weighted by Gasteiger charge is -2.18. The largest absolute Gasteiger partial charge is 0.494 e. The van der Waals surface area contributed by atoms with Crippen molar-refractivity contribution in [3.63, 3.8) is 0 Å². The van der Waals surface area contributed by atoms with Crippen molar-refractivity contribution in [3.05, 3.63) is 39.0 Å². The van der Waals surface area contributed by atoms with Gasteiger partial charge >= 0.3 is 0 Å². The van der Waals surface area contributed by atoms with E-state index in [1.807, 2.05) is 32.0 Å². The van der Waals surface area contributed by atoms with Gasteiger partial charge < -0.3 is 14.8 Å². The van der Waals surface area contributed by atoms with Crippen LogP contribution in [0.4, 0.5) is 5.69 Å². The summed E-state index contributed by atoms with van der Waals surface area (Å²) in [6, 6.07) is 10.3. The van der Waals surface area contributed by atoms with Crippen LogP contribution in [0.3, 0.4) is 0 Å². The molecule has 114 valence electrons. The molecule has 0 saturated heterocycles. The molecule has 2 rings (SSSR count). The topological polar surface area (TPSA) is 30.5 Å². The molecule has 1 aromatic heterocycles. The maximum atomic E-state index is 5.69. The van der Waals surface area contributed by atoms with Gasteiger partial charge in [-0.25, -0.2) is 0 Å². The van der Waals surface area contributed by atoms with Crippen molar-refractivity contribution in [1.82, 2.24) is 0 Å².